The molecular formula is C15H16N4O2S. The van der Waals surface area contributed by atoms with Gasteiger partial charge in [-0.15, -0.1) is 5.10 Å². The van der Waals surface area contributed by atoms with Gasteiger partial charge in [0.2, 0.25) is 5.88 Å². The van der Waals surface area contributed by atoms with Gasteiger partial charge in [-0.25, -0.2) is 4.98 Å². The monoisotopic (exact) mass is 316 g/mol. The molecule has 6 nitrogen and oxygen atoms in total. The number of aryl methyl sites for hydroxylation is 2. The van der Waals surface area contributed by atoms with Gasteiger partial charge in [-0.05, 0) is 18.1 Å². The predicted molar refractivity (Wildman–Crippen MR) is 86.7 cm³/mol. The van der Waals surface area contributed by atoms with Crippen LogP contribution in [0, 0.1) is 0 Å². The lowest BCUT2D eigenvalue weighted by molar-refractivity contribution is 0.102. The zero-order chi connectivity index (χ0) is 15.7. The number of carbonyl (C=O) groups is 1. The van der Waals surface area contributed by atoms with Crippen LogP contribution in [0.2, 0.25) is 0 Å². The molecule has 0 saturated carbocycles. The molecule has 0 aliphatic rings. The van der Waals surface area contributed by atoms with E-state index in [4.69, 9.17) is 4.74 Å². The quantitative estimate of drug-likeness (QED) is 0.803. The average Bonchev–Trinajstić information content (AvgIpc) is 3.09. The van der Waals surface area contributed by atoms with Gasteiger partial charge in [0.25, 0.3) is 5.91 Å². The second-order valence-corrected chi connectivity index (χ2v) is 5.85. The molecule has 0 atom stereocenters. The van der Waals surface area contributed by atoms with E-state index >= 15 is 0 Å². The number of fused-ring (bicyclic) bond motifs is 1. The Balaban J connectivity index is 1.91. The van der Waals surface area contributed by atoms with Crippen molar-refractivity contribution in [3.8, 4) is 5.88 Å². The van der Waals surface area contributed by atoms with Gasteiger partial charge in [0.05, 0.1) is 17.3 Å². The Morgan fingerprint density at radius 2 is 2.27 bits per heavy atom. The molecule has 0 aliphatic heterocycles. The van der Waals surface area contributed by atoms with Gasteiger partial charge < -0.3 is 4.74 Å². The molecule has 2 heterocycles. The largest absolute Gasteiger partial charge is 0.479 e. The minimum absolute atomic E-state index is 0.276. The van der Waals surface area contributed by atoms with Crippen LogP contribution in [0.15, 0.2) is 24.4 Å². The van der Waals surface area contributed by atoms with E-state index in [1.165, 1.54) is 24.0 Å². The number of hydrogen-bond acceptors (Lipinski definition) is 5. The average molecular weight is 316 g/mol. The molecular weight excluding hydrogens is 300 g/mol. The van der Waals surface area contributed by atoms with E-state index in [0.29, 0.717) is 16.6 Å². The maximum Gasteiger partial charge on any atom is 0.264 e. The van der Waals surface area contributed by atoms with Crippen LogP contribution < -0.4 is 10.1 Å². The molecule has 7 heteroatoms. The number of ether oxygens (including phenoxy) is 1. The Morgan fingerprint density at radius 3 is 3.00 bits per heavy atom. The Hall–Kier alpha value is -2.41. The van der Waals surface area contributed by atoms with Gasteiger partial charge in [-0.3, -0.25) is 14.8 Å². The Bertz CT molecular complexity index is 837. The topological polar surface area (TPSA) is 69.0 Å². The maximum absolute atomic E-state index is 12.4. The summed E-state index contributed by atoms with van der Waals surface area (Å²) in [6, 6.07) is 6.07. The first-order valence-corrected chi connectivity index (χ1v) is 7.71. The van der Waals surface area contributed by atoms with Crippen LogP contribution in [0.25, 0.3) is 10.2 Å². The lowest BCUT2D eigenvalue weighted by Crippen LogP contribution is -2.12. The normalized spacial score (nSPS) is 10.9. The van der Waals surface area contributed by atoms with Crippen molar-refractivity contribution in [2.75, 3.05) is 12.4 Å². The number of anilines is 1. The summed E-state index contributed by atoms with van der Waals surface area (Å²) in [6.45, 7) is 2.09. The minimum Gasteiger partial charge on any atom is -0.479 e. The summed E-state index contributed by atoms with van der Waals surface area (Å²) < 4.78 is 7.72. The van der Waals surface area contributed by atoms with E-state index in [-0.39, 0.29) is 5.91 Å². The number of methoxy groups -OCH3 is 1. The third-order valence-corrected chi connectivity index (χ3v) is 4.27. The van der Waals surface area contributed by atoms with Crippen LogP contribution in [-0.4, -0.2) is 27.8 Å². The van der Waals surface area contributed by atoms with Crippen molar-refractivity contribution in [3.05, 3.63) is 35.5 Å². The van der Waals surface area contributed by atoms with Crippen molar-refractivity contribution in [1.29, 1.82) is 0 Å². The highest BCUT2D eigenvalue weighted by molar-refractivity contribution is 7.22. The van der Waals surface area contributed by atoms with Crippen LogP contribution in [0.1, 0.15) is 22.8 Å². The van der Waals surface area contributed by atoms with Crippen molar-refractivity contribution in [3.63, 3.8) is 0 Å². The second kappa shape index (κ2) is 5.76. The van der Waals surface area contributed by atoms with E-state index in [2.05, 4.69) is 28.4 Å². The van der Waals surface area contributed by atoms with Crippen LogP contribution in [0.3, 0.4) is 0 Å². The molecule has 0 spiro atoms. The van der Waals surface area contributed by atoms with Crippen molar-refractivity contribution < 1.29 is 9.53 Å². The molecule has 1 N–H and O–H groups in total. The zero-order valence-electron chi connectivity index (χ0n) is 12.6. The van der Waals surface area contributed by atoms with Crippen molar-refractivity contribution in [2.45, 2.75) is 13.3 Å². The Kier molecular flexibility index (Phi) is 3.81. The molecule has 2 aromatic heterocycles. The number of aromatic nitrogens is 3. The number of benzene rings is 1. The number of para-hydroxylation sites is 1. The van der Waals surface area contributed by atoms with Crippen molar-refractivity contribution in [1.82, 2.24) is 14.8 Å². The summed E-state index contributed by atoms with van der Waals surface area (Å²) in [7, 11) is 3.23. The van der Waals surface area contributed by atoms with E-state index in [0.717, 1.165) is 16.6 Å². The van der Waals surface area contributed by atoms with E-state index < -0.39 is 0 Å². The Morgan fingerprint density at radius 1 is 1.45 bits per heavy atom. The maximum atomic E-state index is 12.4. The molecule has 1 aromatic carbocycles. The van der Waals surface area contributed by atoms with E-state index in [1.807, 2.05) is 12.1 Å². The van der Waals surface area contributed by atoms with Gasteiger partial charge >= 0.3 is 0 Å². The fraction of sp³-hybridized carbons (Fsp3) is 0.267. The summed E-state index contributed by atoms with van der Waals surface area (Å²) in [5.41, 5.74) is 2.51. The number of carbonyl (C=O) groups excluding carboxylic acids is 1. The van der Waals surface area contributed by atoms with E-state index in [1.54, 1.807) is 17.9 Å². The smallest absolute Gasteiger partial charge is 0.264 e. The fourth-order valence-corrected chi connectivity index (χ4v) is 3.19. The van der Waals surface area contributed by atoms with Crippen molar-refractivity contribution in [2.24, 2.45) is 7.05 Å². The van der Waals surface area contributed by atoms with Gasteiger partial charge in [0, 0.05) is 13.2 Å². The molecule has 0 aliphatic carbocycles. The number of thiazole rings is 1. The molecule has 1 amide bonds. The summed E-state index contributed by atoms with van der Waals surface area (Å²) in [5.74, 6) is 0.0254. The molecule has 0 saturated heterocycles. The third-order valence-electron chi connectivity index (χ3n) is 3.34. The van der Waals surface area contributed by atoms with E-state index in [9.17, 15) is 4.79 Å². The number of nitrogens with one attached hydrogen (secondary N) is 1. The van der Waals surface area contributed by atoms with Crippen LogP contribution in [0.4, 0.5) is 5.13 Å². The van der Waals surface area contributed by atoms with Gasteiger partial charge in [-0.1, -0.05) is 30.4 Å². The Labute approximate surface area is 131 Å². The van der Waals surface area contributed by atoms with Crippen LogP contribution in [0.5, 0.6) is 5.88 Å². The molecule has 0 fully saturated rings. The standard InChI is InChI=1S/C15H16N4O2S/c1-4-9-6-5-7-11-12(9)16-15(22-11)17-13(20)10-8-19(2)18-14(10)21-3/h5-8H,4H2,1-3H3,(H,16,17,20). The number of amides is 1. The summed E-state index contributed by atoms with van der Waals surface area (Å²) in [6.07, 6.45) is 2.53. The first kappa shape index (κ1) is 14.5. The predicted octanol–water partition coefficient (Wildman–Crippen LogP) is 2.85. The third kappa shape index (κ3) is 2.55. The van der Waals surface area contributed by atoms with Crippen LogP contribution in [-0.2, 0) is 13.5 Å². The van der Waals surface area contributed by atoms with Gasteiger partial charge in [0.15, 0.2) is 5.13 Å². The number of rotatable bonds is 4. The lowest BCUT2D eigenvalue weighted by atomic mass is 10.1. The molecule has 3 rings (SSSR count). The first-order chi connectivity index (χ1) is 10.6. The van der Waals surface area contributed by atoms with Crippen molar-refractivity contribution >= 4 is 32.6 Å². The number of hydrogen-bond donors (Lipinski definition) is 1. The second-order valence-electron chi connectivity index (χ2n) is 4.82. The molecule has 0 radical (unpaired) electrons. The minimum atomic E-state index is -0.276. The highest BCUT2D eigenvalue weighted by Gasteiger charge is 2.18. The molecule has 3 aromatic rings. The molecule has 22 heavy (non-hydrogen) atoms. The highest BCUT2D eigenvalue weighted by atomic mass is 32.1. The summed E-state index contributed by atoms with van der Waals surface area (Å²) in [4.78, 5) is 16.9. The fourth-order valence-electron chi connectivity index (χ4n) is 2.28. The lowest BCUT2D eigenvalue weighted by Gasteiger charge is -2.00. The SMILES string of the molecule is CCc1cccc2sc(NC(=O)c3cn(C)nc3OC)nc12. The zero-order valence-corrected chi connectivity index (χ0v) is 13.4. The van der Waals surface area contributed by atoms with Gasteiger partial charge in [0.1, 0.15) is 5.56 Å². The van der Waals surface area contributed by atoms with Crippen LogP contribution >= 0.6 is 11.3 Å². The summed E-state index contributed by atoms with van der Waals surface area (Å²) in [5, 5.41) is 7.48. The molecule has 0 unspecified atom stereocenters. The molecule has 114 valence electrons. The number of nitrogens with zero attached hydrogens (tertiary/aromatic N) is 3. The van der Waals surface area contributed by atoms with Gasteiger partial charge in [-0.2, -0.15) is 0 Å². The highest BCUT2D eigenvalue weighted by Crippen LogP contribution is 2.29. The first-order valence-electron chi connectivity index (χ1n) is 6.89. The molecule has 0 bridgehead atoms. The summed E-state index contributed by atoms with van der Waals surface area (Å²) >= 11 is 1.46.